The van der Waals surface area contributed by atoms with Gasteiger partial charge in [0.15, 0.2) is 0 Å². The topological polar surface area (TPSA) is 28.2 Å². The molecule has 2 rings (SSSR count). The Labute approximate surface area is 126 Å². The van der Waals surface area contributed by atoms with Crippen molar-refractivity contribution < 1.29 is 0 Å². The summed E-state index contributed by atoms with van der Waals surface area (Å²) in [5.41, 5.74) is 1.22. The summed E-state index contributed by atoms with van der Waals surface area (Å²) in [5.74, 6) is 1.00. The second-order valence-corrected chi connectivity index (χ2v) is 6.30. The summed E-state index contributed by atoms with van der Waals surface area (Å²) in [6.45, 7) is 4.85. The summed E-state index contributed by atoms with van der Waals surface area (Å²) in [7, 11) is 2.07. The maximum absolute atomic E-state index is 4.51. The van der Waals surface area contributed by atoms with Crippen LogP contribution in [0.25, 0.3) is 0 Å². The molecule has 0 atom stereocenters. The molecule has 3 nitrogen and oxygen atoms in total. The van der Waals surface area contributed by atoms with Crippen molar-refractivity contribution in [3.63, 3.8) is 0 Å². The minimum atomic E-state index is 0.880. The van der Waals surface area contributed by atoms with Crippen LogP contribution in [0.1, 0.15) is 17.4 Å². The maximum Gasteiger partial charge on any atom is 0.128 e. The fourth-order valence-corrected chi connectivity index (χ4v) is 3.27. The normalized spacial score (nSPS) is 10.7. The Morgan fingerprint density at radius 2 is 2.26 bits per heavy atom. The lowest BCUT2D eigenvalue weighted by Crippen LogP contribution is -2.17. The van der Waals surface area contributed by atoms with E-state index in [1.54, 1.807) is 11.3 Å². The predicted molar refractivity (Wildman–Crippen MR) is 85.7 cm³/mol. The average molecular weight is 340 g/mol. The number of nitrogens with one attached hydrogen (secondary N) is 1. The molecule has 0 unspecified atom stereocenters. The Kier molecular flexibility index (Phi) is 5.36. The van der Waals surface area contributed by atoms with E-state index in [4.69, 9.17) is 0 Å². The molecule has 19 heavy (non-hydrogen) atoms. The molecule has 0 amide bonds. The number of halogens is 1. The largest absolute Gasteiger partial charge is 0.355 e. The molecule has 0 aliphatic heterocycles. The SMILES string of the molecule is CCNCc1ccc(N(C)Cc2cc(Br)cs2)nc1. The van der Waals surface area contributed by atoms with Crippen molar-refractivity contribution in [2.24, 2.45) is 0 Å². The van der Waals surface area contributed by atoms with Gasteiger partial charge in [0, 0.05) is 34.5 Å². The minimum Gasteiger partial charge on any atom is -0.355 e. The van der Waals surface area contributed by atoms with Gasteiger partial charge in [-0.3, -0.25) is 0 Å². The van der Waals surface area contributed by atoms with E-state index in [1.807, 2.05) is 6.20 Å². The highest BCUT2D eigenvalue weighted by Crippen LogP contribution is 2.22. The number of aromatic nitrogens is 1. The molecule has 0 aromatic carbocycles. The van der Waals surface area contributed by atoms with Crippen molar-refractivity contribution in [2.45, 2.75) is 20.0 Å². The Balaban J connectivity index is 1.97. The number of hydrogen-bond donors (Lipinski definition) is 1. The van der Waals surface area contributed by atoms with E-state index in [-0.39, 0.29) is 0 Å². The minimum absolute atomic E-state index is 0.880. The smallest absolute Gasteiger partial charge is 0.128 e. The van der Waals surface area contributed by atoms with E-state index in [2.05, 4.69) is 68.7 Å². The monoisotopic (exact) mass is 339 g/mol. The highest BCUT2D eigenvalue weighted by molar-refractivity contribution is 9.10. The first-order valence-corrected chi connectivity index (χ1v) is 7.96. The van der Waals surface area contributed by atoms with Crippen LogP contribution < -0.4 is 10.2 Å². The summed E-state index contributed by atoms with van der Waals surface area (Å²) in [6, 6.07) is 6.36. The number of nitrogens with zero attached hydrogens (tertiary/aromatic N) is 2. The number of anilines is 1. The number of thiophene rings is 1. The average Bonchev–Trinajstić information content (AvgIpc) is 2.82. The van der Waals surface area contributed by atoms with Gasteiger partial charge in [-0.05, 0) is 40.2 Å². The van der Waals surface area contributed by atoms with E-state index >= 15 is 0 Å². The van der Waals surface area contributed by atoms with E-state index in [1.165, 1.54) is 10.4 Å². The maximum atomic E-state index is 4.51. The van der Waals surface area contributed by atoms with Crippen molar-refractivity contribution in [2.75, 3.05) is 18.5 Å². The number of hydrogen-bond acceptors (Lipinski definition) is 4. The van der Waals surface area contributed by atoms with E-state index in [9.17, 15) is 0 Å². The number of pyridine rings is 1. The summed E-state index contributed by atoms with van der Waals surface area (Å²) in [4.78, 5) is 8.00. The van der Waals surface area contributed by atoms with Gasteiger partial charge < -0.3 is 10.2 Å². The molecule has 2 aromatic rings. The lowest BCUT2D eigenvalue weighted by Gasteiger charge is -2.17. The van der Waals surface area contributed by atoms with Crippen LogP contribution in [0, 0.1) is 0 Å². The fraction of sp³-hybridized carbons (Fsp3) is 0.357. The second-order valence-electron chi connectivity index (χ2n) is 4.39. The van der Waals surface area contributed by atoms with Crippen LogP contribution in [-0.4, -0.2) is 18.6 Å². The molecule has 0 fully saturated rings. The first kappa shape index (κ1) is 14.5. The Bertz CT molecular complexity index is 510. The van der Waals surface area contributed by atoms with Crippen molar-refractivity contribution >= 4 is 33.1 Å². The summed E-state index contributed by atoms with van der Waals surface area (Å²) in [6.07, 6.45) is 1.94. The summed E-state index contributed by atoms with van der Waals surface area (Å²) < 4.78 is 1.15. The molecule has 2 aromatic heterocycles. The van der Waals surface area contributed by atoms with Crippen LogP contribution in [0.4, 0.5) is 5.82 Å². The zero-order chi connectivity index (χ0) is 13.7. The molecule has 0 aliphatic carbocycles. The highest BCUT2D eigenvalue weighted by atomic mass is 79.9. The van der Waals surface area contributed by atoms with Crippen LogP contribution in [0.3, 0.4) is 0 Å². The molecule has 102 valence electrons. The number of rotatable bonds is 6. The van der Waals surface area contributed by atoms with E-state index in [0.717, 1.165) is 29.9 Å². The first-order valence-electron chi connectivity index (χ1n) is 6.28. The van der Waals surface area contributed by atoms with Gasteiger partial charge in [0.25, 0.3) is 0 Å². The van der Waals surface area contributed by atoms with Gasteiger partial charge in [-0.1, -0.05) is 13.0 Å². The lowest BCUT2D eigenvalue weighted by atomic mass is 10.2. The zero-order valence-corrected chi connectivity index (χ0v) is 13.6. The molecule has 0 radical (unpaired) electrons. The third kappa shape index (κ3) is 4.30. The predicted octanol–water partition coefficient (Wildman–Crippen LogP) is 3.65. The summed E-state index contributed by atoms with van der Waals surface area (Å²) in [5, 5.41) is 5.41. The third-order valence-corrected chi connectivity index (χ3v) is 4.48. The fourth-order valence-electron chi connectivity index (χ4n) is 1.77. The van der Waals surface area contributed by atoms with E-state index in [0.29, 0.717) is 0 Å². The van der Waals surface area contributed by atoms with Gasteiger partial charge in [-0.2, -0.15) is 0 Å². The van der Waals surface area contributed by atoms with Gasteiger partial charge in [-0.15, -0.1) is 11.3 Å². The van der Waals surface area contributed by atoms with Crippen LogP contribution in [0.5, 0.6) is 0 Å². The third-order valence-electron chi connectivity index (χ3n) is 2.79. The van der Waals surface area contributed by atoms with Crippen molar-refractivity contribution in [1.82, 2.24) is 10.3 Å². The molecule has 0 spiro atoms. The van der Waals surface area contributed by atoms with Crippen molar-refractivity contribution in [3.8, 4) is 0 Å². The molecule has 0 aliphatic rings. The van der Waals surface area contributed by atoms with Gasteiger partial charge in [-0.25, -0.2) is 4.98 Å². The van der Waals surface area contributed by atoms with Crippen LogP contribution >= 0.6 is 27.3 Å². The zero-order valence-electron chi connectivity index (χ0n) is 11.2. The Morgan fingerprint density at radius 1 is 1.42 bits per heavy atom. The lowest BCUT2D eigenvalue weighted by molar-refractivity contribution is 0.724. The van der Waals surface area contributed by atoms with Crippen molar-refractivity contribution in [3.05, 3.63) is 44.7 Å². The van der Waals surface area contributed by atoms with Crippen LogP contribution in [0.15, 0.2) is 34.2 Å². The van der Waals surface area contributed by atoms with Crippen molar-refractivity contribution in [1.29, 1.82) is 0 Å². The first-order chi connectivity index (χ1) is 9.19. The van der Waals surface area contributed by atoms with Gasteiger partial charge >= 0.3 is 0 Å². The molecule has 5 heteroatoms. The van der Waals surface area contributed by atoms with Gasteiger partial charge in [0.05, 0.1) is 6.54 Å². The molecule has 0 bridgehead atoms. The second kappa shape index (κ2) is 7.03. The molecule has 0 saturated heterocycles. The van der Waals surface area contributed by atoms with Gasteiger partial charge in [0.2, 0.25) is 0 Å². The highest BCUT2D eigenvalue weighted by Gasteiger charge is 2.05. The summed E-state index contributed by atoms with van der Waals surface area (Å²) >= 11 is 5.24. The van der Waals surface area contributed by atoms with Crippen LogP contribution in [0.2, 0.25) is 0 Å². The Morgan fingerprint density at radius 3 is 2.84 bits per heavy atom. The quantitative estimate of drug-likeness (QED) is 0.870. The molecule has 2 heterocycles. The molecule has 1 N–H and O–H groups in total. The van der Waals surface area contributed by atoms with Gasteiger partial charge in [0.1, 0.15) is 5.82 Å². The van der Waals surface area contributed by atoms with Crippen LogP contribution in [-0.2, 0) is 13.1 Å². The van der Waals surface area contributed by atoms with E-state index < -0.39 is 0 Å². The molecule has 0 saturated carbocycles. The molecular weight excluding hydrogens is 322 g/mol. The Hall–Kier alpha value is -0.910. The molecular formula is C14H18BrN3S. The standard InChI is InChI=1S/C14H18BrN3S/c1-3-16-7-11-4-5-14(17-8-11)18(2)9-13-6-12(15)10-19-13/h4-6,8,10,16H,3,7,9H2,1-2H3.